The van der Waals surface area contributed by atoms with E-state index < -0.39 is 25.1 Å². The molecule has 2 heterocycles. The quantitative estimate of drug-likeness (QED) is 0.843. The number of nitrogens with zero attached hydrogens (tertiary/aromatic N) is 1. The topological polar surface area (TPSA) is 93.2 Å². The Hall–Kier alpha value is -0.510. The molecule has 0 aliphatic carbocycles. The van der Waals surface area contributed by atoms with Crippen LogP contribution in [0.3, 0.4) is 0 Å². The summed E-state index contributed by atoms with van der Waals surface area (Å²) in [4.78, 5) is 3.79. The van der Waals surface area contributed by atoms with Gasteiger partial charge in [-0.05, 0) is 34.8 Å². The van der Waals surface area contributed by atoms with Gasteiger partial charge >= 0.3 is 0 Å². The first-order valence-corrected chi connectivity index (χ1v) is 9.62. The van der Waals surface area contributed by atoms with Crippen LogP contribution in [0, 0.1) is 0 Å². The number of sulfonamides is 1. The second-order valence-electron chi connectivity index (χ2n) is 4.32. The lowest BCUT2D eigenvalue weighted by atomic mass is 10.2. The summed E-state index contributed by atoms with van der Waals surface area (Å²) in [5.74, 6) is 0.137. The molecule has 1 N–H and O–H groups in total. The summed E-state index contributed by atoms with van der Waals surface area (Å²) in [6, 6.07) is 1.42. The zero-order valence-corrected chi connectivity index (χ0v) is 13.1. The minimum atomic E-state index is -3.73. The van der Waals surface area contributed by atoms with Crippen molar-refractivity contribution in [2.45, 2.75) is 23.0 Å². The van der Waals surface area contributed by atoms with Crippen LogP contribution in [0.15, 0.2) is 27.8 Å². The van der Waals surface area contributed by atoms with Crippen molar-refractivity contribution in [1.82, 2.24) is 9.71 Å². The summed E-state index contributed by atoms with van der Waals surface area (Å²) in [5.41, 5.74) is 0. The van der Waals surface area contributed by atoms with E-state index in [2.05, 4.69) is 25.6 Å². The molecule has 0 aromatic carbocycles. The summed E-state index contributed by atoms with van der Waals surface area (Å²) in [7, 11) is -6.88. The molecule has 1 fully saturated rings. The SMILES string of the molecule is O=S(=O)(NCC1CCCS1(=O)=O)c1cncc(Br)c1. The number of hydrogen-bond donors (Lipinski definition) is 1. The smallest absolute Gasteiger partial charge is 0.242 e. The fraction of sp³-hybridized carbons (Fsp3) is 0.500. The van der Waals surface area contributed by atoms with Crippen molar-refractivity contribution in [3.05, 3.63) is 22.9 Å². The average molecular weight is 369 g/mol. The predicted molar refractivity (Wildman–Crippen MR) is 73.9 cm³/mol. The molecule has 1 aromatic heterocycles. The zero-order valence-electron chi connectivity index (χ0n) is 9.91. The Morgan fingerprint density at radius 1 is 1.42 bits per heavy atom. The first-order valence-electron chi connectivity index (χ1n) is 5.63. The molecule has 1 aliphatic heterocycles. The highest BCUT2D eigenvalue weighted by Crippen LogP contribution is 2.20. The Labute approximate surface area is 120 Å². The Bertz CT molecular complexity index is 673. The highest BCUT2D eigenvalue weighted by molar-refractivity contribution is 9.10. The van der Waals surface area contributed by atoms with Gasteiger partial charge in [-0.15, -0.1) is 0 Å². The van der Waals surface area contributed by atoms with E-state index in [4.69, 9.17) is 0 Å². The third-order valence-corrected chi connectivity index (χ3v) is 7.05. The molecule has 6 nitrogen and oxygen atoms in total. The Morgan fingerprint density at radius 2 is 2.16 bits per heavy atom. The lowest BCUT2D eigenvalue weighted by Gasteiger charge is -2.11. The number of sulfone groups is 1. The van der Waals surface area contributed by atoms with Crippen molar-refractivity contribution < 1.29 is 16.8 Å². The van der Waals surface area contributed by atoms with Crippen LogP contribution in [0.5, 0.6) is 0 Å². The van der Waals surface area contributed by atoms with Gasteiger partial charge in [0.2, 0.25) is 10.0 Å². The van der Waals surface area contributed by atoms with Crippen molar-refractivity contribution in [2.24, 2.45) is 0 Å². The van der Waals surface area contributed by atoms with Gasteiger partial charge in [0.25, 0.3) is 0 Å². The van der Waals surface area contributed by atoms with Crippen LogP contribution in [0.4, 0.5) is 0 Å². The normalized spacial score (nSPS) is 22.5. The zero-order chi connectivity index (χ0) is 14.1. The van der Waals surface area contributed by atoms with Gasteiger partial charge in [0, 0.05) is 23.4 Å². The maximum absolute atomic E-state index is 12.0. The molecular weight excluding hydrogens is 356 g/mol. The van der Waals surface area contributed by atoms with Crippen molar-refractivity contribution in [1.29, 1.82) is 0 Å². The molecule has 19 heavy (non-hydrogen) atoms. The van der Waals surface area contributed by atoms with E-state index in [1.54, 1.807) is 0 Å². The molecular formula is C10H13BrN2O4S2. The number of nitrogens with one attached hydrogen (secondary N) is 1. The van der Waals surface area contributed by atoms with Crippen LogP contribution in [-0.2, 0) is 19.9 Å². The third kappa shape index (κ3) is 3.53. The number of rotatable bonds is 4. The molecule has 0 saturated carbocycles. The van der Waals surface area contributed by atoms with Gasteiger partial charge in [0.05, 0.1) is 11.0 Å². The molecule has 1 unspecified atom stereocenters. The van der Waals surface area contributed by atoms with Crippen LogP contribution >= 0.6 is 15.9 Å². The maximum Gasteiger partial charge on any atom is 0.242 e. The second-order valence-corrected chi connectivity index (χ2v) is 9.41. The molecule has 0 bridgehead atoms. The van der Waals surface area contributed by atoms with Crippen molar-refractivity contribution in [3.8, 4) is 0 Å². The van der Waals surface area contributed by atoms with Gasteiger partial charge < -0.3 is 0 Å². The number of pyridine rings is 1. The van der Waals surface area contributed by atoms with E-state index in [-0.39, 0.29) is 17.2 Å². The Kier molecular flexibility index (Phi) is 4.29. The summed E-state index contributed by atoms with van der Waals surface area (Å²) in [6.45, 7) is -0.0861. The molecule has 0 spiro atoms. The van der Waals surface area contributed by atoms with E-state index in [9.17, 15) is 16.8 Å². The van der Waals surface area contributed by atoms with Crippen molar-refractivity contribution >= 4 is 35.8 Å². The maximum atomic E-state index is 12.0. The van der Waals surface area contributed by atoms with Crippen molar-refractivity contribution in [2.75, 3.05) is 12.3 Å². The van der Waals surface area contributed by atoms with Crippen LogP contribution in [0.2, 0.25) is 0 Å². The van der Waals surface area contributed by atoms with Gasteiger partial charge in [0.15, 0.2) is 9.84 Å². The Balaban J connectivity index is 2.11. The number of halogens is 1. The monoisotopic (exact) mass is 368 g/mol. The van der Waals surface area contributed by atoms with E-state index in [1.165, 1.54) is 18.5 Å². The van der Waals surface area contributed by atoms with Gasteiger partial charge in [-0.3, -0.25) is 4.98 Å². The molecule has 0 radical (unpaired) electrons. The summed E-state index contributed by atoms with van der Waals surface area (Å²) >= 11 is 3.14. The molecule has 2 rings (SSSR count). The highest BCUT2D eigenvalue weighted by atomic mass is 79.9. The number of aromatic nitrogens is 1. The van der Waals surface area contributed by atoms with E-state index >= 15 is 0 Å². The van der Waals surface area contributed by atoms with Gasteiger partial charge in [-0.2, -0.15) is 0 Å². The van der Waals surface area contributed by atoms with Crippen molar-refractivity contribution in [3.63, 3.8) is 0 Å². The minimum Gasteiger partial charge on any atom is -0.262 e. The first-order chi connectivity index (χ1) is 8.81. The lowest BCUT2D eigenvalue weighted by molar-refractivity contribution is 0.570. The molecule has 1 atom stereocenters. The molecule has 9 heteroatoms. The van der Waals surface area contributed by atoms with E-state index in [1.807, 2.05) is 0 Å². The molecule has 1 aliphatic rings. The van der Waals surface area contributed by atoms with Gasteiger partial charge in [-0.25, -0.2) is 21.6 Å². The summed E-state index contributed by atoms with van der Waals surface area (Å²) in [6.07, 6.45) is 3.78. The van der Waals surface area contributed by atoms with Crippen LogP contribution in [-0.4, -0.2) is 39.4 Å². The molecule has 1 aromatic rings. The summed E-state index contributed by atoms with van der Waals surface area (Å²) < 4.78 is 50.1. The molecule has 1 saturated heterocycles. The van der Waals surface area contributed by atoms with E-state index in [0.29, 0.717) is 17.3 Å². The standard InChI is InChI=1S/C10H13BrN2O4S2/c11-8-4-10(6-12-5-8)19(16,17)13-7-9-2-1-3-18(9,14)15/h4-6,9,13H,1-3,7H2. The second kappa shape index (κ2) is 5.47. The van der Waals surface area contributed by atoms with Gasteiger partial charge in [-0.1, -0.05) is 0 Å². The average Bonchev–Trinajstić information content (AvgIpc) is 2.66. The first kappa shape index (κ1) is 14.9. The fourth-order valence-corrected chi connectivity index (χ4v) is 5.37. The largest absolute Gasteiger partial charge is 0.262 e. The molecule has 106 valence electrons. The number of hydrogen-bond acceptors (Lipinski definition) is 5. The van der Waals surface area contributed by atoms with Gasteiger partial charge in [0.1, 0.15) is 4.90 Å². The Morgan fingerprint density at radius 3 is 2.74 bits per heavy atom. The highest BCUT2D eigenvalue weighted by Gasteiger charge is 2.32. The lowest BCUT2D eigenvalue weighted by Crippen LogP contribution is -2.34. The van der Waals surface area contributed by atoms with Crippen LogP contribution in [0.1, 0.15) is 12.8 Å². The van der Waals surface area contributed by atoms with Crippen LogP contribution in [0.25, 0.3) is 0 Å². The third-order valence-electron chi connectivity index (χ3n) is 2.95. The van der Waals surface area contributed by atoms with E-state index in [0.717, 1.165) is 0 Å². The predicted octanol–water partition coefficient (Wildman–Crippen LogP) is 0.700. The van der Waals surface area contributed by atoms with Crippen LogP contribution < -0.4 is 4.72 Å². The molecule has 0 amide bonds. The minimum absolute atomic E-state index is 0.0114. The summed E-state index contributed by atoms with van der Waals surface area (Å²) in [5, 5.41) is -0.623. The fourth-order valence-electron chi connectivity index (χ4n) is 1.91.